The minimum atomic E-state index is -1.30. The molecule has 1 saturated heterocycles. The van der Waals surface area contributed by atoms with Crippen LogP contribution in [0.3, 0.4) is 0 Å². The van der Waals surface area contributed by atoms with E-state index in [1.54, 1.807) is 0 Å². The number of para-hydroxylation sites is 2. The molecule has 0 amide bonds. The van der Waals surface area contributed by atoms with Gasteiger partial charge in [0, 0.05) is 25.0 Å². The molecule has 1 fully saturated rings. The zero-order valence-corrected chi connectivity index (χ0v) is 25.0. The molecule has 0 unspecified atom stereocenters. The van der Waals surface area contributed by atoms with E-state index in [1.807, 2.05) is 53.1 Å². The van der Waals surface area contributed by atoms with Gasteiger partial charge in [-0.2, -0.15) is 0 Å². The van der Waals surface area contributed by atoms with Crippen LogP contribution in [0.25, 0.3) is 11.0 Å². The Hall–Kier alpha value is -2.57. The van der Waals surface area contributed by atoms with E-state index in [9.17, 15) is 21.1 Å². The largest absolute Gasteiger partial charge is 0.326 e. The van der Waals surface area contributed by atoms with Crippen molar-refractivity contribution in [1.29, 1.82) is 0 Å². The summed E-state index contributed by atoms with van der Waals surface area (Å²) >= 11 is -2.61. The number of hydrogen-bond donors (Lipinski definition) is 1. The van der Waals surface area contributed by atoms with Crippen molar-refractivity contribution in [3.8, 4) is 0 Å². The molecule has 0 aliphatic carbocycles. The molecule has 0 spiro atoms. The van der Waals surface area contributed by atoms with Crippen molar-refractivity contribution in [3.05, 3.63) is 106 Å². The number of imidazole rings is 1. The summed E-state index contributed by atoms with van der Waals surface area (Å²) < 4.78 is 51.2. The van der Waals surface area contributed by atoms with Crippen molar-refractivity contribution in [2.24, 2.45) is 0 Å². The van der Waals surface area contributed by atoms with Gasteiger partial charge in [0.2, 0.25) is 0 Å². The van der Waals surface area contributed by atoms with Crippen LogP contribution in [0.15, 0.2) is 77.6 Å². The van der Waals surface area contributed by atoms with E-state index in [2.05, 4.69) is 12.6 Å². The van der Waals surface area contributed by atoms with E-state index in [1.165, 1.54) is 24.3 Å². The molecule has 4 aromatic rings. The molecule has 0 atom stereocenters. The van der Waals surface area contributed by atoms with Crippen molar-refractivity contribution in [2.75, 3.05) is 19.6 Å². The van der Waals surface area contributed by atoms with Crippen LogP contribution in [-0.4, -0.2) is 66.2 Å². The molecular weight excluding hydrogens is 630 g/mol. The van der Waals surface area contributed by atoms with E-state index in [-0.39, 0.29) is 29.3 Å². The summed E-state index contributed by atoms with van der Waals surface area (Å²) in [5.41, 5.74) is 3.94. The van der Waals surface area contributed by atoms with Crippen LogP contribution in [0, 0.1) is 11.6 Å². The average Bonchev–Trinajstić information content (AvgIpc) is 3.29. The number of aromatic nitrogens is 2. The Labute approximate surface area is 239 Å². The van der Waals surface area contributed by atoms with E-state index < -0.39 is 32.1 Å². The van der Waals surface area contributed by atoms with E-state index in [4.69, 9.17) is 0 Å². The first kappa shape index (κ1) is 29.4. The maximum Gasteiger partial charge on any atom is 0.326 e. The third-order valence-electron chi connectivity index (χ3n) is 7.12. The molecule has 2 heterocycles. The molecule has 7 nitrogen and oxygen atoms in total. The van der Waals surface area contributed by atoms with Crippen LogP contribution in [0.2, 0.25) is 0 Å². The van der Waals surface area contributed by atoms with Gasteiger partial charge in [0.15, 0.2) is 0 Å². The fraction of sp³-hybridized carbons (Fsp3) is 0.321. The van der Waals surface area contributed by atoms with Gasteiger partial charge >= 0.3 is 47.9 Å². The van der Waals surface area contributed by atoms with Gasteiger partial charge in [-0.15, -0.1) is 0 Å². The second kappa shape index (κ2) is 14.7. The Morgan fingerprint density at radius 3 is 1.97 bits per heavy atom. The smallest absolute Gasteiger partial charge is 0.306 e. The summed E-state index contributed by atoms with van der Waals surface area (Å²) in [5.74, 6) is -0.402. The Kier molecular flexibility index (Phi) is 11.1. The summed E-state index contributed by atoms with van der Waals surface area (Å²) in [6.07, 6.45) is 3.78. The summed E-state index contributed by atoms with van der Waals surface area (Å²) in [5, 5.41) is 0. The predicted molar refractivity (Wildman–Crippen MR) is 145 cm³/mol. The maximum atomic E-state index is 13.5. The number of piperidine rings is 1. The number of benzene rings is 3. The maximum absolute atomic E-state index is 13.5. The summed E-state index contributed by atoms with van der Waals surface area (Å²) in [4.78, 5) is 18.0. The molecule has 11 heteroatoms. The van der Waals surface area contributed by atoms with E-state index in [0.29, 0.717) is 0 Å². The first-order valence-corrected chi connectivity index (χ1v) is 15.8. The molecule has 0 saturated carbocycles. The summed E-state index contributed by atoms with van der Waals surface area (Å²) in [7, 11) is 0. The SMILES string of the molecule is O=[As]O[As]=O.O=c1[nH]c2ccccc2n1C1CCN(CCCC(c2ccc(F)cc2)c2ccc(F)cc2)CC1. The number of likely N-dealkylation sites (tertiary alicyclic amines) is 1. The first-order chi connectivity index (χ1) is 19.0. The molecule has 1 aliphatic heterocycles. The average molecular weight is 659 g/mol. The molecule has 0 radical (unpaired) electrons. The van der Waals surface area contributed by atoms with E-state index in [0.717, 1.165) is 67.5 Å². The molecule has 3 aromatic carbocycles. The monoisotopic (exact) mass is 659 g/mol. The van der Waals surface area contributed by atoms with Gasteiger partial charge in [-0.3, -0.25) is 4.57 Å². The fourth-order valence-electron chi connectivity index (χ4n) is 5.29. The quantitative estimate of drug-likeness (QED) is 0.262. The van der Waals surface area contributed by atoms with Crippen molar-refractivity contribution < 1.29 is 19.0 Å². The van der Waals surface area contributed by atoms with Crippen molar-refractivity contribution in [1.82, 2.24) is 14.5 Å². The Bertz CT molecular complexity index is 1370. The van der Waals surface area contributed by atoms with Gasteiger partial charge in [0.1, 0.15) is 11.6 Å². The second-order valence-electron chi connectivity index (χ2n) is 9.42. The van der Waals surface area contributed by atoms with Gasteiger partial charge in [-0.05, 0) is 79.8 Å². The first-order valence-electron chi connectivity index (χ1n) is 12.7. The molecule has 5 rings (SSSR count). The van der Waals surface area contributed by atoms with Crippen LogP contribution < -0.4 is 5.69 Å². The number of nitrogens with zero attached hydrogens (tertiary/aromatic N) is 2. The number of rotatable bonds is 9. The number of fused-ring (bicyclic) bond motifs is 1. The van der Waals surface area contributed by atoms with Crippen LogP contribution in [0.4, 0.5) is 8.78 Å². The molecule has 0 bridgehead atoms. The number of H-pyrrole nitrogens is 1. The molecule has 1 aromatic heterocycles. The van der Waals surface area contributed by atoms with Crippen molar-refractivity contribution in [2.45, 2.75) is 37.6 Å². The Morgan fingerprint density at radius 2 is 1.44 bits per heavy atom. The van der Waals surface area contributed by atoms with Gasteiger partial charge in [0.05, 0.1) is 11.0 Å². The van der Waals surface area contributed by atoms with Crippen LogP contribution in [-0.2, 0) is 10.2 Å². The van der Waals surface area contributed by atoms with Crippen molar-refractivity contribution >= 4 is 43.1 Å². The second-order valence-corrected chi connectivity index (χ2v) is 12.2. The van der Waals surface area contributed by atoms with Crippen LogP contribution >= 0.6 is 0 Å². The number of aromatic amines is 1. The van der Waals surface area contributed by atoms with Gasteiger partial charge < -0.3 is 9.88 Å². The van der Waals surface area contributed by atoms with Crippen LogP contribution in [0.5, 0.6) is 0 Å². The minimum Gasteiger partial charge on any atom is -0.306 e. The third-order valence-corrected chi connectivity index (χ3v) is 8.86. The summed E-state index contributed by atoms with van der Waals surface area (Å²) in [6, 6.07) is 21.3. The molecule has 1 N–H and O–H groups in total. The third kappa shape index (κ3) is 7.98. The predicted octanol–water partition coefficient (Wildman–Crippen LogP) is 4.79. The fourth-order valence-corrected chi connectivity index (χ4v) is 5.64. The molecular formula is C28H29As2F2N3O4. The van der Waals surface area contributed by atoms with Crippen LogP contribution in [0.1, 0.15) is 48.8 Å². The number of nitrogens with one attached hydrogen (secondary N) is 1. The Balaban J connectivity index is 0.000000648. The topological polar surface area (TPSA) is 84.4 Å². The number of halogens is 2. The normalized spacial score (nSPS) is 14.6. The van der Waals surface area contributed by atoms with Crippen molar-refractivity contribution in [3.63, 3.8) is 0 Å². The molecule has 204 valence electrons. The minimum absolute atomic E-state index is 0.0268. The number of hydrogen-bond acceptors (Lipinski definition) is 5. The van der Waals surface area contributed by atoms with Gasteiger partial charge in [-0.25, -0.2) is 13.6 Å². The zero-order valence-electron chi connectivity index (χ0n) is 21.2. The molecule has 39 heavy (non-hydrogen) atoms. The van der Waals surface area contributed by atoms with Gasteiger partial charge in [-0.1, -0.05) is 36.4 Å². The van der Waals surface area contributed by atoms with E-state index >= 15 is 0 Å². The summed E-state index contributed by atoms with van der Waals surface area (Å²) in [6.45, 7) is 2.87. The standard InChI is InChI=1S/C28H29F2N3O.As2O3/c29-22-11-7-20(8-12-22)25(21-9-13-23(30)14-10-21)4-3-17-32-18-15-24(16-19-32)33-27-6-2-1-5-26(27)31-28(33)34;3-1-5-2-4/h1-2,5-14,24-25H,3-4,15-19H2,(H,31,34);. The molecule has 1 aliphatic rings. The zero-order chi connectivity index (χ0) is 27.6. The Morgan fingerprint density at radius 1 is 0.872 bits per heavy atom. The van der Waals surface area contributed by atoms with Gasteiger partial charge in [0.25, 0.3) is 0 Å².